The molecule has 0 radical (unpaired) electrons. The van der Waals surface area contributed by atoms with Crippen molar-refractivity contribution in [1.29, 1.82) is 0 Å². The first-order valence-corrected chi connectivity index (χ1v) is 11.3. The fraction of sp³-hybridized carbons (Fsp3) is 0.154. The van der Waals surface area contributed by atoms with Crippen molar-refractivity contribution in [2.45, 2.75) is 12.8 Å². The number of hydrogen-bond donors (Lipinski definition) is 2. The summed E-state index contributed by atoms with van der Waals surface area (Å²) in [6, 6.07) is 12.2. The molecule has 0 fully saturated rings. The molecule has 0 spiro atoms. The van der Waals surface area contributed by atoms with Gasteiger partial charge in [-0.15, -0.1) is 0 Å². The molecule has 4 aromatic rings. The molecule has 0 amide bonds. The minimum absolute atomic E-state index is 0.0406. The van der Waals surface area contributed by atoms with Gasteiger partial charge < -0.3 is 25.1 Å². The average molecular weight is 550 g/mol. The van der Waals surface area contributed by atoms with Crippen molar-refractivity contribution in [3.05, 3.63) is 76.7 Å². The molecule has 7 nitrogen and oxygen atoms in total. The number of nitrogens with zero attached hydrogens (tertiary/aromatic N) is 2. The van der Waals surface area contributed by atoms with Gasteiger partial charge in [-0.05, 0) is 42.0 Å². The van der Waals surface area contributed by atoms with Gasteiger partial charge in [0.15, 0.2) is 17.2 Å². The smallest absolute Gasteiger partial charge is 0.434 e. The molecule has 38 heavy (non-hydrogen) atoms. The Morgan fingerprint density at radius 3 is 2.34 bits per heavy atom. The van der Waals surface area contributed by atoms with Crippen LogP contribution in [0.4, 0.5) is 23.5 Å². The highest BCUT2D eigenvalue weighted by Gasteiger charge is 2.38. The zero-order chi connectivity index (χ0) is 27.6. The largest absolute Gasteiger partial charge is 0.507 e. The van der Waals surface area contributed by atoms with E-state index in [0.29, 0.717) is 5.75 Å². The molecule has 3 aromatic carbocycles. The Morgan fingerprint density at radius 2 is 1.71 bits per heavy atom. The highest BCUT2D eigenvalue weighted by molar-refractivity contribution is 6.31. The van der Waals surface area contributed by atoms with Crippen molar-refractivity contribution in [2.75, 3.05) is 20.0 Å². The molecule has 0 atom stereocenters. The molecule has 12 heteroatoms. The Balaban J connectivity index is 1.82. The number of rotatable bonds is 7. The van der Waals surface area contributed by atoms with Crippen molar-refractivity contribution in [3.63, 3.8) is 0 Å². The number of benzene rings is 3. The van der Waals surface area contributed by atoms with Crippen LogP contribution >= 0.6 is 11.6 Å². The second-order valence-corrected chi connectivity index (χ2v) is 8.30. The summed E-state index contributed by atoms with van der Waals surface area (Å²) >= 11 is 6.01. The van der Waals surface area contributed by atoms with Crippen molar-refractivity contribution in [1.82, 2.24) is 9.97 Å². The Morgan fingerprint density at radius 1 is 0.974 bits per heavy atom. The van der Waals surface area contributed by atoms with E-state index in [4.69, 9.17) is 31.5 Å². The molecule has 3 N–H and O–H groups in total. The molecule has 0 aliphatic heterocycles. The van der Waals surface area contributed by atoms with Crippen LogP contribution in [0.5, 0.6) is 23.0 Å². The second-order valence-electron chi connectivity index (χ2n) is 7.89. The fourth-order valence-corrected chi connectivity index (χ4v) is 3.99. The lowest BCUT2D eigenvalue weighted by atomic mass is 9.96. The maximum atomic E-state index is 14.1. The zero-order valence-corrected chi connectivity index (χ0v) is 20.7. The van der Waals surface area contributed by atoms with Crippen LogP contribution in [0.1, 0.15) is 11.3 Å². The SMILES string of the molecule is COc1ccc(-c2c(-c3ccc(OCc4c(F)cccc4Cl)cc3O)nc(N)nc2C(F)(F)F)cc1OC. The third kappa shape index (κ3) is 5.37. The Kier molecular flexibility index (Phi) is 7.49. The number of alkyl halides is 3. The van der Waals surface area contributed by atoms with Crippen molar-refractivity contribution < 1.29 is 36.9 Å². The number of ether oxygens (including phenoxy) is 3. The first-order valence-electron chi connectivity index (χ1n) is 10.9. The molecule has 0 saturated carbocycles. The van der Waals surface area contributed by atoms with Crippen LogP contribution in [-0.4, -0.2) is 29.3 Å². The van der Waals surface area contributed by atoms with E-state index < -0.39 is 34.9 Å². The van der Waals surface area contributed by atoms with E-state index in [9.17, 15) is 22.7 Å². The number of nitrogen functional groups attached to an aromatic ring is 1. The number of phenols is 1. The quantitative estimate of drug-likeness (QED) is 0.254. The zero-order valence-electron chi connectivity index (χ0n) is 19.9. The number of aromatic nitrogens is 2. The van der Waals surface area contributed by atoms with Crippen molar-refractivity contribution in [3.8, 4) is 45.4 Å². The van der Waals surface area contributed by atoms with Gasteiger partial charge in [0.05, 0.1) is 24.9 Å². The minimum Gasteiger partial charge on any atom is -0.507 e. The summed E-state index contributed by atoms with van der Waals surface area (Å²) in [5, 5.41) is 10.9. The van der Waals surface area contributed by atoms with Gasteiger partial charge in [0.1, 0.15) is 23.9 Å². The van der Waals surface area contributed by atoms with Crippen LogP contribution in [0.2, 0.25) is 5.02 Å². The lowest BCUT2D eigenvalue weighted by Crippen LogP contribution is -2.14. The standard InChI is InChI=1S/C26H20ClF4N3O4/c1-36-20-9-6-13(10-21(20)37-2)22-23(33-25(32)34-24(22)26(29,30)31)15-8-7-14(11-19(15)35)38-12-16-17(27)4-3-5-18(16)28/h3-11,35H,12H2,1-2H3,(H2,32,33,34). The van der Waals surface area contributed by atoms with E-state index in [1.54, 1.807) is 0 Å². The minimum atomic E-state index is -4.91. The molecule has 198 valence electrons. The number of halogens is 5. The molecular formula is C26H20ClF4N3O4. The Labute approximate surface area is 219 Å². The molecule has 0 saturated heterocycles. The summed E-state index contributed by atoms with van der Waals surface area (Å²) in [5.41, 5.74) is 3.69. The van der Waals surface area contributed by atoms with Gasteiger partial charge in [-0.2, -0.15) is 13.2 Å². The number of methoxy groups -OCH3 is 2. The maximum absolute atomic E-state index is 14.1. The number of nitrogens with two attached hydrogens (primary N) is 1. The van der Waals surface area contributed by atoms with E-state index in [0.717, 1.165) is 6.07 Å². The Hall–Kier alpha value is -4.25. The van der Waals surface area contributed by atoms with Gasteiger partial charge in [-0.25, -0.2) is 14.4 Å². The Bertz CT molecular complexity index is 1480. The number of hydrogen-bond acceptors (Lipinski definition) is 7. The van der Waals surface area contributed by atoms with Gasteiger partial charge >= 0.3 is 6.18 Å². The highest BCUT2D eigenvalue weighted by atomic mass is 35.5. The van der Waals surface area contributed by atoms with E-state index in [-0.39, 0.29) is 45.5 Å². The third-order valence-corrected chi connectivity index (χ3v) is 5.89. The van der Waals surface area contributed by atoms with Gasteiger partial charge in [-0.1, -0.05) is 23.7 Å². The first-order chi connectivity index (χ1) is 18.0. The topological polar surface area (TPSA) is 99.7 Å². The van der Waals surface area contributed by atoms with E-state index in [2.05, 4.69) is 9.97 Å². The third-order valence-electron chi connectivity index (χ3n) is 5.54. The lowest BCUT2D eigenvalue weighted by molar-refractivity contribution is -0.140. The highest BCUT2D eigenvalue weighted by Crippen LogP contribution is 2.45. The van der Waals surface area contributed by atoms with E-state index in [1.807, 2.05) is 0 Å². The lowest BCUT2D eigenvalue weighted by Gasteiger charge is -2.18. The van der Waals surface area contributed by atoms with Crippen LogP contribution in [0.3, 0.4) is 0 Å². The van der Waals surface area contributed by atoms with Crippen LogP contribution in [0.15, 0.2) is 54.6 Å². The first kappa shape index (κ1) is 26.8. The van der Waals surface area contributed by atoms with Crippen LogP contribution in [0.25, 0.3) is 22.4 Å². The number of anilines is 1. The summed E-state index contributed by atoms with van der Waals surface area (Å²) in [7, 11) is 2.73. The number of phenolic OH excluding ortho intramolecular Hbond substituents is 1. The van der Waals surface area contributed by atoms with Crippen molar-refractivity contribution >= 4 is 17.5 Å². The normalized spacial score (nSPS) is 11.3. The molecule has 0 bridgehead atoms. The number of aromatic hydroxyl groups is 1. The predicted octanol–water partition coefficient (Wildman–Crippen LogP) is 6.51. The van der Waals surface area contributed by atoms with Crippen LogP contribution in [0, 0.1) is 5.82 Å². The molecule has 1 aromatic heterocycles. The molecule has 4 rings (SSSR count). The summed E-state index contributed by atoms with van der Waals surface area (Å²) in [5.74, 6) is -1.12. The van der Waals surface area contributed by atoms with Crippen LogP contribution < -0.4 is 19.9 Å². The fourth-order valence-electron chi connectivity index (χ4n) is 3.77. The van der Waals surface area contributed by atoms with Gasteiger partial charge in [0.25, 0.3) is 0 Å². The molecule has 0 unspecified atom stereocenters. The molecule has 0 aliphatic rings. The molecule has 0 aliphatic carbocycles. The van der Waals surface area contributed by atoms with Gasteiger partial charge in [0, 0.05) is 22.8 Å². The summed E-state index contributed by atoms with van der Waals surface area (Å²) in [6.07, 6.45) is -4.91. The predicted molar refractivity (Wildman–Crippen MR) is 133 cm³/mol. The summed E-state index contributed by atoms with van der Waals surface area (Å²) in [4.78, 5) is 7.47. The van der Waals surface area contributed by atoms with Crippen LogP contribution in [-0.2, 0) is 12.8 Å². The molecule has 1 heterocycles. The van der Waals surface area contributed by atoms with E-state index in [1.165, 1.54) is 62.8 Å². The maximum Gasteiger partial charge on any atom is 0.434 e. The van der Waals surface area contributed by atoms with Gasteiger partial charge in [-0.3, -0.25) is 0 Å². The monoisotopic (exact) mass is 549 g/mol. The second kappa shape index (κ2) is 10.6. The summed E-state index contributed by atoms with van der Waals surface area (Å²) < 4.78 is 72.3. The van der Waals surface area contributed by atoms with Crippen molar-refractivity contribution in [2.24, 2.45) is 0 Å². The summed E-state index contributed by atoms with van der Waals surface area (Å²) in [6.45, 7) is -0.250. The average Bonchev–Trinajstić information content (AvgIpc) is 2.87. The van der Waals surface area contributed by atoms with E-state index >= 15 is 0 Å². The van der Waals surface area contributed by atoms with Gasteiger partial charge in [0.2, 0.25) is 5.95 Å². The molecular weight excluding hydrogens is 530 g/mol.